The molecule has 0 N–H and O–H groups in total. The van der Waals surface area contributed by atoms with Crippen molar-refractivity contribution in [3.63, 3.8) is 0 Å². The summed E-state index contributed by atoms with van der Waals surface area (Å²) in [6.45, 7) is 1.51. The third kappa shape index (κ3) is 2.10. The summed E-state index contributed by atoms with van der Waals surface area (Å²) in [5.74, 6) is -0.261. The first kappa shape index (κ1) is 12.9. The first-order valence-electron chi connectivity index (χ1n) is 7.30. The van der Waals surface area contributed by atoms with Crippen LogP contribution in [0.1, 0.15) is 31.7 Å². The molecule has 4 rings (SSSR count). The van der Waals surface area contributed by atoms with Gasteiger partial charge in [-0.15, -0.1) is 0 Å². The van der Waals surface area contributed by atoms with Gasteiger partial charge in [0.05, 0.1) is 13.2 Å². The van der Waals surface area contributed by atoms with Gasteiger partial charge >= 0.3 is 0 Å². The Morgan fingerprint density at radius 3 is 2.60 bits per heavy atom. The molecular weight excluding hydrogens is 318 g/mol. The summed E-state index contributed by atoms with van der Waals surface area (Å²) < 4.78 is 15.2. The monoisotopic (exact) mass is 335 g/mol. The molecule has 0 atom stereocenters. The number of fused-ring (bicyclic) bond motifs is 1. The minimum Gasteiger partial charge on any atom is -0.348 e. The molecule has 0 radical (unpaired) electrons. The lowest BCUT2D eigenvalue weighted by molar-refractivity contribution is -0.181. The van der Waals surface area contributed by atoms with Crippen molar-refractivity contribution in [2.45, 2.75) is 37.5 Å². The van der Waals surface area contributed by atoms with Crippen LogP contribution in [0.4, 0.5) is 0 Å². The van der Waals surface area contributed by atoms with E-state index in [0.717, 1.165) is 43.4 Å². The number of benzene rings is 1. The van der Waals surface area contributed by atoms with Crippen molar-refractivity contribution in [3.05, 3.63) is 34.9 Å². The first-order valence-corrected chi connectivity index (χ1v) is 8.09. The number of ether oxygens (including phenoxy) is 2. The van der Waals surface area contributed by atoms with E-state index in [1.54, 1.807) is 0 Å². The van der Waals surface area contributed by atoms with Gasteiger partial charge in [-0.3, -0.25) is 0 Å². The average Bonchev–Trinajstić information content (AvgIpc) is 3.07. The second-order valence-electron chi connectivity index (χ2n) is 5.76. The summed E-state index contributed by atoms with van der Waals surface area (Å²) in [5.41, 5.74) is 1.32. The summed E-state index contributed by atoms with van der Waals surface area (Å²) in [7, 11) is 0. The van der Waals surface area contributed by atoms with Crippen LogP contribution in [0.3, 0.4) is 0 Å². The number of nitrogens with zero attached hydrogens (tertiary/aromatic N) is 1. The fourth-order valence-corrected chi connectivity index (χ4v) is 3.94. The van der Waals surface area contributed by atoms with Crippen LogP contribution < -0.4 is 0 Å². The maximum absolute atomic E-state index is 5.81. The van der Waals surface area contributed by atoms with Crippen molar-refractivity contribution in [2.24, 2.45) is 0 Å². The van der Waals surface area contributed by atoms with Crippen molar-refractivity contribution >= 4 is 26.8 Å². The highest BCUT2D eigenvalue weighted by molar-refractivity contribution is 9.10. The molecule has 1 saturated carbocycles. The second kappa shape index (κ2) is 4.86. The zero-order chi connectivity index (χ0) is 13.6. The van der Waals surface area contributed by atoms with Crippen LogP contribution in [-0.2, 0) is 9.47 Å². The average molecular weight is 336 g/mol. The molecule has 106 valence electrons. The molecule has 0 amide bonds. The zero-order valence-corrected chi connectivity index (χ0v) is 12.9. The van der Waals surface area contributed by atoms with E-state index in [1.807, 2.05) is 0 Å². The summed E-state index contributed by atoms with van der Waals surface area (Å²) in [5, 5.41) is 1.30. The Morgan fingerprint density at radius 2 is 1.85 bits per heavy atom. The number of halogens is 1. The Balaban J connectivity index is 1.58. The van der Waals surface area contributed by atoms with Gasteiger partial charge in [0, 0.05) is 40.5 Å². The molecule has 2 aromatic rings. The standard InChI is InChI=1S/C16H18BrNO2/c17-13-1-2-15-12(11-13)5-8-18(15)14-3-6-16(7-4-14)19-9-10-20-16/h1-2,5,8,11,14H,3-4,6-7,9-10H2. The van der Waals surface area contributed by atoms with E-state index in [0.29, 0.717) is 6.04 Å². The van der Waals surface area contributed by atoms with Crippen molar-refractivity contribution in [2.75, 3.05) is 13.2 Å². The predicted octanol–water partition coefficient (Wildman–Crippen LogP) is 4.26. The van der Waals surface area contributed by atoms with E-state index in [4.69, 9.17) is 9.47 Å². The van der Waals surface area contributed by atoms with E-state index >= 15 is 0 Å². The van der Waals surface area contributed by atoms with Gasteiger partial charge in [0.25, 0.3) is 0 Å². The maximum atomic E-state index is 5.81. The van der Waals surface area contributed by atoms with Gasteiger partial charge in [-0.2, -0.15) is 0 Å². The van der Waals surface area contributed by atoms with Crippen LogP contribution in [0.15, 0.2) is 34.9 Å². The first-order chi connectivity index (χ1) is 9.76. The Bertz CT molecular complexity index is 620. The number of aromatic nitrogens is 1. The minimum absolute atomic E-state index is 0.261. The van der Waals surface area contributed by atoms with Crippen LogP contribution >= 0.6 is 15.9 Å². The molecule has 1 spiro atoms. The molecule has 1 aliphatic carbocycles. The molecule has 3 nitrogen and oxygen atoms in total. The molecule has 20 heavy (non-hydrogen) atoms. The minimum atomic E-state index is -0.261. The summed E-state index contributed by atoms with van der Waals surface area (Å²) in [6.07, 6.45) is 6.48. The number of hydrogen-bond acceptors (Lipinski definition) is 2. The van der Waals surface area contributed by atoms with Crippen molar-refractivity contribution in [1.29, 1.82) is 0 Å². The van der Waals surface area contributed by atoms with Crippen molar-refractivity contribution in [3.8, 4) is 0 Å². The van der Waals surface area contributed by atoms with Gasteiger partial charge in [0.1, 0.15) is 0 Å². The van der Waals surface area contributed by atoms with E-state index in [9.17, 15) is 0 Å². The molecule has 2 aliphatic rings. The van der Waals surface area contributed by atoms with Gasteiger partial charge in [-0.1, -0.05) is 15.9 Å². The third-order valence-corrected chi connectivity index (χ3v) is 5.10. The predicted molar refractivity (Wildman–Crippen MR) is 81.8 cm³/mol. The summed E-state index contributed by atoms with van der Waals surface area (Å²) in [6, 6.07) is 9.26. The summed E-state index contributed by atoms with van der Waals surface area (Å²) in [4.78, 5) is 0. The third-order valence-electron chi connectivity index (χ3n) is 4.61. The fraction of sp³-hybridized carbons (Fsp3) is 0.500. The van der Waals surface area contributed by atoms with Crippen LogP contribution in [0.25, 0.3) is 10.9 Å². The molecule has 2 fully saturated rings. The van der Waals surface area contributed by atoms with Gasteiger partial charge in [0.15, 0.2) is 5.79 Å². The normalized spacial score (nSPS) is 22.9. The highest BCUT2D eigenvalue weighted by atomic mass is 79.9. The highest BCUT2D eigenvalue weighted by Gasteiger charge is 2.40. The van der Waals surface area contributed by atoms with Crippen LogP contribution in [0, 0.1) is 0 Å². The van der Waals surface area contributed by atoms with Crippen LogP contribution in [0.5, 0.6) is 0 Å². The maximum Gasteiger partial charge on any atom is 0.168 e. The molecular formula is C16H18BrNO2. The lowest BCUT2D eigenvalue weighted by Gasteiger charge is -2.36. The smallest absolute Gasteiger partial charge is 0.168 e. The Labute approximate surface area is 127 Å². The molecule has 0 bridgehead atoms. The van der Waals surface area contributed by atoms with Crippen molar-refractivity contribution < 1.29 is 9.47 Å². The van der Waals surface area contributed by atoms with E-state index in [1.165, 1.54) is 10.9 Å². The fourth-order valence-electron chi connectivity index (χ4n) is 3.56. The molecule has 4 heteroatoms. The van der Waals surface area contributed by atoms with Crippen LogP contribution in [-0.4, -0.2) is 23.6 Å². The van der Waals surface area contributed by atoms with Gasteiger partial charge in [0.2, 0.25) is 0 Å². The Morgan fingerprint density at radius 1 is 1.10 bits per heavy atom. The largest absolute Gasteiger partial charge is 0.348 e. The second-order valence-corrected chi connectivity index (χ2v) is 6.68. The Kier molecular flexibility index (Phi) is 3.13. The molecule has 1 aromatic heterocycles. The van der Waals surface area contributed by atoms with Gasteiger partial charge in [-0.05, 0) is 37.1 Å². The molecule has 1 saturated heterocycles. The SMILES string of the molecule is Brc1ccc2c(ccn2C2CCC3(CC2)OCCO3)c1. The lowest BCUT2D eigenvalue weighted by Crippen LogP contribution is -2.35. The molecule has 0 unspecified atom stereocenters. The quantitative estimate of drug-likeness (QED) is 0.777. The zero-order valence-electron chi connectivity index (χ0n) is 11.3. The molecule has 1 aliphatic heterocycles. The molecule has 1 aromatic carbocycles. The van der Waals surface area contributed by atoms with E-state index in [2.05, 4.69) is 51.0 Å². The van der Waals surface area contributed by atoms with E-state index < -0.39 is 0 Å². The number of hydrogen-bond donors (Lipinski definition) is 0. The van der Waals surface area contributed by atoms with Gasteiger partial charge < -0.3 is 14.0 Å². The van der Waals surface area contributed by atoms with Crippen molar-refractivity contribution in [1.82, 2.24) is 4.57 Å². The highest BCUT2D eigenvalue weighted by Crippen LogP contribution is 2.41. The Hall–Kier alpha value is -0.840. The number of rotatable bonds is 1. The topological polar surface area (TPSA) is 23.4 Å². The van der Waals surface area contributed by atoms with Crippen LogP contribution in [0.2, 0.25) is 0 Å². The summed E-state index contributed by atoms with van der Waals surface area (Å²) >= 11 is 3.54. The van der Waals surface area contributed by atoms with E-state index in [-0.39, 0.29) is 5.79 Å². The lowest BCUT2D eigenvalue weighted by atomic mass is 9.90. The van der Waals surface area contributed by atoms with Gasteiger partial charge in [-0.25, -0.2) is 0 Å². The molecule has 2 heterocycles.